The SMILES string of the molecule is CC(=O)NCC1CCC(N2CCCCC[C@](O)(C(F)(F)F)c3nnc(o3)-c3nc(c(C(F)(F)F)cc3N)C2=O)CC1. The van der Waals surface area contributed by atoms with E-state index in [0.29, 0.717) is 38.3 Å². The molecule has 2 aromatic rings. The Bertz CT molecular complexity index is 1270. The van der Waals surface area contributed by atoms with Gasteiger partial charge in [0.1, 0.15) is 5.69 Å². The Morgan fingerprint density at radius 3 is 2.41 bits per heavy atom. The van der Waals surface area contributed by atoms with Crippen LogP contribution in [0.2, 0.25) is 0 Å². The first-order chi connectivity index (χ1) is 19.1. The van der Waals surface area contributed by atoms with E-state index in [2.05, 4.69) is 20.5 Å². The molecule has 2 aromatic heterocycles. The van der Waals surface area contributed by atoms with Gasteiger partial charge < -0.3 is 25.5 Å². The first-order valence-corrected chi connectivity index (χ1v) is 13.2. The number of nitrogens with zero attached hydrogens (tertiary/aromatic N) is 4. The number of fused-ring (bicyclic) bond motifs is 5. The number of hydrogen-bond acceptors (Lipinski definition) is 8. The van der Waals surface area contributed by atoms with Gasteiger partial charge in [-0.15, -0.1) is 10.2 Å². The molecular weight excluding hydrogens is 562 g/mol. The van der Waals surface area contributed by atoms with Crippen molar-refractivity contribution in [2.45, 2.75) is 82.3 Å². The summed E-state index contributed by atoms with van der Waals surface area (Å²) < 4.78 is 89.0. The van der Waals surface area contributed by atoms with Gasteiger partial charge in [0.05, 0.1) is 11.3 Å². The van der Waals surface area contributed by atoms with E-state index in [1.807, 2.05) is 0 Å². The van der Waals surface area contributed by atoms with Crippen molar-refractivity contribution in [3.63, 3.8) is 0 Å². The predicted octanol–water partition coefficient (Wildman–Crippen LogP) is 4.19. The number of carbonyl (C=O) groups is 2. The van der Waals surface area contributed by atoms with E-state index in [0.717, 1.165) is 0 Å². The molecule has 3 heterocycles. The predicted molar refractivity (Wildman–Crippen MR) is 131 cm³/mol. The number of aromatic nitrogens is 3. The summed E-state index contributed by atoms with van der Waals surface area (Å²) in [6.45, 7) is 1.79. The Kier molecular flexibility index (Phi) is 8.52. The Morgan fingerprint density at radius 1 is 1.12 bits per heavy atom. The lowest BCUT2D eigenvalue weighted by molar-refractivity contribution is -0.277. The highest BCUT2D eigenvalue weighted by atomic mass is 19.4. The number of nitrogens with two attached hydrogens (primary N) is 1. The zero-order chi connectivity index (χ0) is 30.2. The summed E-state index contributed by atoms with van der Waals surface area (Å²) in [6, 6.07) is -0.000904. The van der Waals surface area contributed by atoms with Gasteiger partial charge in [-0.05, 0) is 56.9 Å². The number of carbonyl (C=O) groups excluding carboxylic acids is 2. The van der Waals surface area contributed by atoms with Gasteiger partial charge in [-0.25, -0.2) is 4.98 Å². The zero-order valence-electron chi connectivity index (χ0n) is 22.1. The molecule has 41 heavy (non-hydrogen) atoms. The molecule has 0 aromatic carbocycles. The summed E-state index contributed by atoms with van der Waals surface area (Å²) >= 11 is 0. The molecule has 4 N–H and O–H groups in total. The highest BCUT2D eigenvalue weighted by Crippen LogP contribution is 2.44. The highest BCUT2D eigenvalue weighted by molar-refractivity contribution is 5.95. The number of hydrogen-bond donors (Lipinski definition) is 3. The number of alkyl halides is 6. The number of pyridine rings is 1. The molecule has 2 aliphatic rings. The topological polar surface area (TPSA) is 147 Å². The number of rotatable bonds is 3. The maximum Gasteiger partial charge on any atom is 0.426 e. The van der Waals surface area contributed by atoms with E-state index in [1.54, 1.807) is 0 Å². The van der Waals surface area contributed by atoms with Gasteiger partial charge in [-0.2, -0.15) is 26.3 Å². The van der Waals surface area contributed by atoms with Crippen LogP contribution in [0.25, 0.3) is 11.6 Å². The Balaban J connectivity index is 1.76. The number of anilines is 1. The molecule has 1 fully saturated rings. The molecule has 4 rings (SSSR count). The summed E-state index contributed by atoms with van der Waals surface area (Å²) in [5, 5.41) is 20.1. The van der Waals surface area contributed by atoms with Gasteiger partial charge in [0, 0.05) is 26.1 Å². The number of halogens is 6. The molecule has 1 atom stereocenters. The molecule has 1 aliphatic carbocycles. The second-order valence-electron chi connectivity index (χ2n) is 10.5. The van der Waals surface area contributed by atoms with Crippen LogP contribution in [0, 0.1) is 5.92 Å². The smallest absolute Gasteiger partial charge is 0.416 e. The maximum absolute atomic E-state index is 14.1. The van der Waals surface area contributed by atoms with E-state index in [4.69, 9.17) is 10.2 Å². The number of amides is 2. The molecule has 226 valence electrons. The minimum absolute atomic E-state index is 0.0403. The monoisotopic (exact) mass is 592 g/mol. The third-order valence-electron chi connectivity index (χ3n) is 7.61. The van der Waals surface area contributed by atoms with Crippen molar-refractivity contribution in [3.05, 3.63) is 23.2 Å². The lowest BCUT2D eigenvalue weighted by Crippen LogP contribution is -2.45. The van der Waals surface area contributed by atoms with Crippen molar-refractivity contribution >= 4 is 17.5 Å². The minimum Gasteiger partial charge on any atom is -0.416 e. The Morgan fingerprint density at radius 2 is 1.80 bits per heavy atom. The average Bonchev–Trinajstić information content (AvgIpc) is 3.38. The summed E-state index contributed by atoms with van der Waals surface area (Å²) in [7, 11) is 0. The first-order valence-electron chi connectivity index (χ1n) is 13.2. The van der Waals surface area contributed by atoms with Crippen LogP contribution in [-0.4, -0.2) is 62.3 Å². The van der Waals surface area contributed by atoms with Crippen molar-refractivity contribution < 1.29 is 45.5 Å². The normalized spacial score (nSPS) is 24.6. The summed E-state index contributed by atoms with van der Waals surface area (Å²) in [5.74, 6) is -3.04. The maximum atomic E-state index is 14.1. The fourth-order valence-corrected chi connectivity index (χ4v) is 5.31. The largest absolute Gasteiger partial charge is 0.426 e. The summed E-state index contributed by atoms with van der Waals surface area (Å²) in [6.07, 6.45) is -8.84. The van der Waals surface area contributed by atoms with Gasteiger partial charge in [-0.1, -0.05) is 6.42 Å². The molecule has 16 heteroatoms. The standard InChI is InChI=1S/C25H30F6N6O4/c1-13(38)33-12-14-5-7-15(8-6-14)37-10-4-2-3-9-23(40,25(29,30)31)22-36-35-20(41-22)19-17(32)11-16(24(26,27)28)18(34-19)21(37)39/h11,14-15,40H,2-10,12,32H2,1H3,(H,33,38)/t14?,15?,23-/m1/s1. The molecule has 4 bridgehead atoms. The van der Waals surface area contributed by atoms with E-state index < -0.39 is 70.7 Å². The molecule has 10 nitrogen and oxygen atoms in total. The molecule has 1 aliphatic heterocycles. The molecule has 0 unspecified atom stereocenters. The van der Waals surface area contributed by atoms with Crippen molar-refractivity contribution in [1.82, 2.24) is 25.4 Å². The molecule has 2 amide bonds. The molecule has 0 spiro atoms. The van der Waals surface area contributed by atoms with Gasteiger partial charge in [0.2, 0.25) is 11.5 Å². The van der Waals surface area contributed by atoms with E-state index >= 15 is 0 Å². The average molecular weight is 593 g/mol. The van der Waals surface area contributed by atoms with Crippen LogP contribution >= 0.6 is 0 Å². The van der Waals surface area contributed by atoms with Gasteiger partial charge in [0.25, 0.3) is 17.7 Å². The Labute approximate surface area is 230 Å². The van der Waals surface area contributed by atoms with Crippen LogP contribution < -0.4 is 11.1 Å². The Hall–Kier alpha value is -3.43. The summed E-state index contributed by atoms with van der Waals surface area (Å²) in [5.41, 5.74) is -1.40. The first kappa shape index (κ1) is 30.5. The third-order valence-corrected chi connectivity index (χ3v) is 7.61. The van der Waals surface area contributed by atoms with Crippen LogP contribution in [0.1, 0.15) is 80.2 Å². The van der Waals surface area contributed by atoms with Crippen molar-refractivity contribution in [2.24, 2.45) is 5.92 Å². The number of aliphatic hydroxyl groups is 1. The third kappa shape index (κ3) is 6.41. The quantitative estimate of drug-likeness (QED) is 0.450. The van der Waals surface area contributed by atoms with Gasteiger partial charge in [-0.3, -0.25) is 9.59 Å². The van der Waals surface area contributed by atoms with Crippen LogP contribution in [0.5, 0.6) is 0 Å². The van der Waals surface area contributed by atoms with E-state index in [1.165, 1.54) is 11.8 Å². The molecule has 0 saturated heterocycles. The lowest BCUT2D eigenvalue weighted by atomic mass is 9.85. The second-order valence-corrected chi connectivity index (χ2v) is 10.5. The van der Waals surface area contributed by atoms with Crippen LogP contribution in [0.3, 0.4) is 0 Å². The highest BCUT2D eigenvalue weighted by Gasteiger charge is 2.58. The van der Waals surface area contributed by atoms with Crippen LogP contribution in [0.15, 0.2) is 10.5 Å². The van der Waals surface area contributed by atoms with Crippen LogP contribution in [0.4, 0.5) is 32.0 Å². The lowest BCUT2D eigenvalue weighted by Gasteiger charge is -2.37. The second kappa shape index (κ2) is 11.4. The minimum atomic E-state index is -5.20. The van der Waals surface area contributed by atoms with Gasteiger partial charge in [0.15, 0.2) is 5.69 Å². The molecule has 0 radical (unpaired) electrons. The van der Waals surface area contributed by atoms with Crippen LogP contribution in [-0.2, 0) is 16.6 Å². The van der Waals surface area contributed by atoms with E-state index in [9.17, 15) is 41.0 Å². The number of nitrogen functional groups attached to an aromatic ring is 1. The molecular formula is C25H30F6N6O4. The van der Waals surface area contributed by atoms with Gasteiger partial charge >= 0.3 is 12.4 Å². The van der Waals surface area contributed by atoms with Crippen molar-refractivity contribution in [1.29, 1.82) is 0 Å². The van der Waals surface area contributed by atoms with Crippen molar-refractivity contribution in [2.75, 3.05) is 18.8 Å². The summed E-state index contributed by atoms with van der Waals surface area (Å²) in [4.78, 5) is 30.1. The van der Waals surface area contributed by atoms with Crippen molar-refractivity contribution in [3.8, 4) is 11.6 Å². The fraction of sp³-hybridized carbons (Fsp3) is 0.640. The molecule has 1 saturated carbocycles. The fourth-order valence-electron chi connectivity index (χ4n) is 5.31. The zero-order valence-corrected chi connectivity index (χ0v) is 22.1. The number of nitrogens with one attached hydrogen (secondary N) is 1. The van der Waals surface area contributed by atoms with E-state index in [-0.39, 0.29) is 37.6 Å².